The van der Waals surface area contributed by atoms with Crippen LogP contribution in [0.4, 0.5) is 0 Å². The maximum absolute atomic E-state index is 11.6. The summed E-state index contributed by atoms with van der Waals surface area (Å²) in [6, 6.07) is 9.73. The normalized spacial score (nSPS) is 10.9. The predicted molar refractivity (Wildman–Crippen MR) is 65.3 cm³/mol. The smallest absolute Gasteiger partial charge is 0.285 e. The third-order valence-electron chi connectivity index (χ3n) is 2.77. The lowest BCUT2D eigenvalue weighted by molar-refractivity contribution is 0.0950. The number of amides is 1. The highest BCUT2D eigenvalue weighted by Crippen LogP contribution is 2.26. The summed E-state index contributed by atoms with van der Waals surface area (Å²) in [7, 11) is 0. The van der Waals surface area contributed by atoms with Crippen LogP contribution in [0, 0.1) is 0 Å². The van der Waals surface area contributed by atoms with Gasteiger partial charge in [0.2, 0.25) is 0 Å². The minimum Gasteiger partial charge on any atom is -0.353 e. The molecule has 3 aromatic rings. The van der Waals surface area contributed by atoms with Gasteiger partial charge in [0.05, 0.1) is 5.52 Å². The minimum atomic E-state index is -0.401. The molecule has 0 atom stereocenters. The van der Waals surface area contributed by atoms with Crippen LogP contribution < -0.4 is 11.3 Å². The highest BCUT2D eigenvalue weighted by Gasteiger charge is 2.13. The van der Waals surface area contributed by atoms with Crippen LogP contribution in [-0.4, -0.2) is 15.9 Å². The highest BCUT2D eigenvalue weighted by molar-refractivity contribution is 6.13. The average Bonchev–Trinajstić information content (AvgIpc) is 2.76. The number of nitrogens with zero attached hydrogens (tertiary/aromatic N) is 1. The topological polar surface area (TPSA) is 83.8 Å². The molecule has 2 heterocycles. The third-order valence-corrected chi connectivity index (χ3v) is 2.77. The van der Waals surface area contributed by atoms with Crippen LogP contribution in [0.5, 0.6) is 0 Å². The molecule has 0 unspecified atom stereocenters. The van der Waals surface area contributed by atoms with Gasteiger partial charge in [-0.15, -0.1) is 0 Å². The summed E-state index contributed by atoms with van der Waals surface area (Å²) in [6.45, 7) is 0. The minimum absolute atomic E-state index is 0.307. The van der Waals surface area contributed by atoms with E-state index < -0.39 is 5.91 Å². The van der Waals surface area contributed by atoms with Crippen LogP contribution in [-0.2, 0) is 0 Å². The fraction of sp³-hybridized carbons (Fsp3) is 0. The van der Waals surface area contributed by atoms with Crippen molar-refractivity contribution in [2.24, 2.45) is 5.84 Å². The summed E-state index contributed by atoms with van der Waals surface area (Å²) in [5.41, 5.74) is 4.08. The maximum Gasteiger partial charge on any atom is 0.285 e. The molecule has 5 heteroatoms. The summed E-state index contributed by atoms with van der Waals surface area (Å²) in [4.78, 5) is 18.8. The van der Waals surface area contributed by atoms with E-state index in [2.05, 4.69) is 15.4 Å². The standard InChI is InChI=1S/C12H10N4O/c13-16-12(17)11-10-8(5-6-14-11)7-3-1-2-4-9(7)15-10/h1-6,15H,13H2,(H,16,17). The van der Waals surface area contributed by atoms with Crippen LogP contribution in [0.25, 0.3) is 21.8 Å². The number of nitrogens with two attached hydrogens (primary N) is 1. The van der Waals surface area contributed by atoms with Gasteiger partial charge >= 0.3 is 0 Å². The van der Waals surface area contributed by atoms with E-state index in [0.717, 1.165) is 16.3 Å². The maximum atomic E-state index is 11.6. The molecule has 0 spiro atoms. The zero-order chi connectivity index (χ0) is 11.8. The molecule has 17 heavy (non-hydrogen) atoms. The van der Waals surface area contributed by atoms with E-state index in [-0.39, 0.29) is 0 Å². The molecule has 0 fully saturated rings. The number of hydrogen-bond acceptors (Lipinski definition) is 3. The Balaban J connectivity index is 2.43. The average molecular weight is 226 g/mol. The number of H-pyrrole nitrogens is 1. The highest BCUT2D eigenvalue weighted by atomic mass is 16.2. The Labute approximate surface area is 96.6 Å². The first-order valence-electron chi connectivity index (χ1n) is 5.17. The van der Waals surface area contributed by atoms with E-state index in [0.29, 0.717) is 11.2 Å². The molecule has 0 bridgehead atoms. The number of rotatable bonds is 1. The van der Waals surface area contributed by atoms with Crippen molar-refractivity contribution in [2.75, 3.05) is 0 Å². The first-order valence-corrected chi connectivity index (χ1v) is 5.17. The number of hydrazine groups is 1. The number of aromatic amines is 1. The van der Waals surface area contributed by atoms with Crippen molar-refractivity contribution in [3.05, 3.63) is 42.2 Å². The molecule has 2 aromatic heterocycles. The Morgan fingerprint density at radius 1 is 1.24 bits per heavy atom. The van der Waals surface area contributed by atoms with Crippen molar-refractivity contribution < 1.29 is 4.79 Å². The number of nitrogens with one attached hydrogen (secondary N) is 2. The lowest BCUT2D eigenvalue weighted by Crippen LogP contribution is -2.30. The lowest BCUT2D eigenvalue weighted by Gasteiger charge is -1.99. The molecule has 84 valence electrons. The van der Waals surface area contributed by atoms with Crippen molar-refractivity contribution in [3.63, 3.8) is 0 Å². The van der Waals surface area contributed by atoms with E-state index in [4.69, 9.17) is 5.84 Å². The lowest BCUT2D eigenvalue weighted by atomic mass is 10.1. The van der Waals surface area contributed by atoms with Gasteiger partial charge in [-0.25, -0.2) is 10.8 Å². The first kappa shape index (κ1) is 9.80. The fourth-order valence-corrected chi connectivity index (χ4v) is 2.01. The number of para-hydroxylation sites is 1. The van der Waals surface area contributed by atoms with Crippen LogP contribution in [0.2, 0.25) is 0 Å². The predicted octanol–water partition coefficient (Wildman–Crippen LogP) is 1.32. The van der Waals surface area contributed by atoms with E-state index in [9.17, 15) is 4.79 Å². The molecule has 0 aliphatic rings. The zero-order valence-corrected chi connectivity index (χ0v) is 8.90. The Bertz CT molecular complexity index is 717. The van der Waals surface area contributed by atoms with Gasteiger partial charge in [0, 0.05) is 22.5 Å². The SMILES string of the molecule is NNC(=O)c1nccc2c1[nH]c1ccccc12. The molecule has 1 amide bonds. The Morgan fingerprint density at radius 2 is 2.06 bits per heavy atom. The van der Waals surface area contributed by atoms with Crippen LogP contribution >= 0.6 is 0 Å². The quantitative estimate of drug-likeness (QED) is 0.332. The van der Waals surface area contributed by atoms with Gasteiger partial charge in [0.25, 0.3) is 5.91 Å². The van der Waals surface area contributed by atoms with Gasteiger partial charge < -0.3 is 4.98 Å². The van der Waals surface area contributed by atoms with Gasteiger partial charge in [0.1, 0.15) is 0 Å². The summed E-state index contributed by atoms with van der Waals surface area (Å²) >= 11 is 0. The Hall–Kier alpha value is -2.40. The van der Waals surface area contributed by atoms with Crippen molar-refractivity contribution in [1.29, 1.82) is 0 Å². The number of nitrogen functional groups attached to an aromatic ring is 1. The fourth-order valence-electron chi connectivity index (χ4n) is 2.01. The van der Waals surface area contributed by atoms with Crippen molar-refractivity contribution in [2.45, 2.75) is 0 Å². The number of carbonyl (C=O) groups excluding carboxylic acids is 1. The van der Waals surface area contributed by atoms with Crippen LogP contribution in [0.1, 0.15) is 10.5 Å². The number of benzene rings is 1. The molecule has 5 nitrogen and oxygen atoms in total. The number of aromatic nitrogens is 2. The Morgan fingerprint density at radius 3 is 2.88 bits per heavy atom. The van der Waals surface area contributed by atoms with E-state index in [1.165, 1.54) is 0 Å². The zero-order valence-electron chi connectivity index (χ0n) is 8.90. The number of fused-ring (bicyclic) bond motifs is 3. The van der Waals surface area contributed by atoms with Crippen LogP contribution in [0.15, 0.2) is 36.5 Å². The molecule has 0 aliphatic carbocycles. The molecule has 0 saturated heterocycles. The van der Waals surface area contributed by atoms with E-state index in [1.54, 1.807) is 6.20 Å². The Kier molecular flexibility index (Phi) is 2.06. The summed E-state index contributed by atoms with van der Waals surface area (Å²) < 4.78 is 0. The first-order chi connectivity index (χ1) is 8.31. The monoisotopic (exact) mass is 226 g/mol. The van der Waals surface area contributed by atoms with Gasteiger partial charge in [-0.1, -0.05) is 18.2 Å². The number of carbonyl (C=O) groups is 1. The molecule has 1 aromatic carbocycles. The molecule has 0 saturated carbocycles. The van der Waals surface area contributed by atoms with Crippen molar-refractivity contribution >= 4 is 27.7 Å². The van der Waals surface area contributed by atoms with E-state index >= 15 is 0 Å². The second-order valence-electron chi connectivity index (χ2n) is 3.73. The number of pyridine rings is 1. The second-order valence-corrected chi connectivity index (χ2v) is 3.73. The largest absolute Gasteiger partial charge is 0.353 e. The van der Waals surface area contributed by atoms with Crippen molar-refractivity contribution in [3.8, 4) is 0 Å². The molecule has 4 N–H and O–H groups in total. The molecule has 0 aliphatic heterocycles. The van der Waals surface area contributed by atoms with Gasteiger partial charge in [-0.3, -0.25) is 10.2 Å². The van der Waals surface area contributed by atoms with Gasteiger partial charge in [0.15, 0.2) is 5.69 Å². The van der Waals surface area contributed by atoms with Crippen molar-refractivity contribution in [1.82, 2.24) is 15.4 Å². The van der Waals surface area contributed by atoms with Gasteiger partial charge in [-0.2, -0.15) is 0 Å². The summed E-state index contributed by atoms with van der Waals surface area (Å²) in [5, 5.41) is 2.03. The molecule has 0 radical (unpaired) electrons. The molecular weight excluding hydrogens is 216 g/mol. The summed E-state index contributed by atoms with van der Waals surface area (Å²) in [5.74, 6) is 4.74. The van der Waals surface area contributed by atoms with Gasteiger partial charge in [-0.05, 0) is 12.1 Å². The summed E-state index contributed by atoms with van der Waals surface area (Å²) in [6.07, 6.45) is 1.60. The third kappa shape index (κ3) is 1.37. The second kappa shape index (κ2) is 3.57. The van der Waals surface area contributed by atoms with Crippen LogP contribution in [0.3, 0.4) is 0 Å². The molecule has 3 rings (SSSR count). The number of hydrogen-bond donors (Lipinski definition) is 3. The van der Waals surface area contributed by atoms with E-state index in [1.807, 2.05) is 30.3 Å². The molecular formula is C12H10N4O.